The Morgan fingerprint density at radius 3 is 2.53 bits per heavy atom. The van der Waals surface area contributed by atoms with Crippen LogP contribution in [-0.2, 0) is 15.7 Å². The number of thiol groups is 1. The van der Waals surface area contributed by atoms with E-state index in [1.54, 1.807) is 0 Å². The zero-order chi connectivity index (χ0) is 11.6. The molecule has 0 aromatic heterocycles. The molecule has 1 aromatic carbocycles. The summed E-state index contributed by atoms with van der Waals surface area (Å²) in [5.41, 5.74) is 0.328. The summed E-state index contributed by atoms with van der Waals surface area (Å²) in [6, 6.07) is 4.14. The Balaban J connectivity index is 3.54. The van der Waals surface area contributed by atoms with Crippen LogP contribution in [0.1, 0.15) is 11.1 Å². The van der Waals surface area contributed by atoms with Crippen LogP contribution in [0.15, 0.2) is 21.9 Å². The molecule has 0 bridgehead atoms. The Kier molecular flexibility index (Phi) is 3.62. The topological polar surface area (TPSA) is 78.2 Å². The first-order chi connectivity index (χ1) is 6.90. The third-order valence-corrected chi connectivity index (χ3v) is 3.42. The zero-order valence-corrected chi connectivity index (χ0v) is 9.77. The molecule has 7 heteroatoms. The highest BCUT2D eigenvalue weighted by Crippen LogP contribution is 2.25. The molecule has 0 heterocycles. The van der Waals surface area contributed by atoms with E-state index in [1.807, 2.05) is 6.07 Å². The van der Waals surface area contributed by atoms with Crippen LogP contribution in [0.25, 0.3) is 0 Å². The van der Waals surface area contributed by atoms with Crippen LogP contribution in [0.4, 0.5) is 0 Å². The van der Waals surface area contributed by atoms with Crippen LogP contribution in [0.3, 0.4) is 0 Å². The van der Waals surface area contributed by atoms with Crippen LogP contribution in [0, 0.1) is 11.3 Å². The van der Waals surface area contributed by atoms with E-state index in [2.05, 4.69) is 12.6 Å². The number of hydrogen-bond acceptors (Lipinski definition) is 5. The fraction of sp³-hybridized carbons (Fsp3) is 0.125. The molecule has 80 valence electrons. The molecule has 4 nitrogen and oxygen atoms in total. The summed E-state index contributed by atoms with van der Waals surface area (Å²) in [5, 5.41) is 17.7. The van der Waals surface area contributed by atoms with E-state index in [0.717, 1.165) is 6.07 Å². The second-order valence-corrected chi connectivity index (χ2v) is 5.73. The van der Waals surface area contributed by atoms with Crippen molar-refractivity contribution in [1.29, 1.82) is 5.26 Å². The first-order valence-corrected chi connectivity index (χ1v) is 6.47. The van der Waals surface area contributed by atoms with E-state index in [0.29, 0.717) is 0 Å². The maximum atomic E-state index is 11.0. The number of rotatable bonds is 2. The van der Waals surface area contributed by atoms with Crippen molar-refractivity contribution in [2.24, 2.45) is 0 Å². The lowest BCUT2D eigenvalue weighted by atomic mass is 10.1. The van der Waals surface area contributed by atoms with Crippen molar-refractivity contribution in [3.63, 3.8) is 0 Å². The third kappa shape index (κ3) is 2.63. The standard InChI is InChI=1S/C8H6ClNO3S2/c9-15(12,13)6-1-5(4-11)7(3-10)8(14)2-6/h1-2,11,14H,4H2. The largest absolute Gasteiger partial charge is 0.392 e. The Morgan fingerprint density at radius 2 is 2.13 bits per heavy atom. The highest BCUT2D eigenvalue weighted by molar-refractivity contribution is 8.13. The molecule has 1 rings (SSSR count). The number of halogens is 1. The van der Waals surface area contributed by atoms with Crippen molar-refractivity contribution in [1.82, 2.24) is 0 Å². The molecule has 0 fully saturated rings. The zero-order valence-electron chi connectivity index (χ0n) is 7.31. The molecule has 0 amide bonds. The van der Waals surface area contributed by atoms with Gasteiger partial charge in [0.1, 0.15) is 6.07 Å². The number of benzene rings is 1. The molecule has 0 atom stereocenters. The van der Waals surface area contributed by atoms with Gasteiger partial charge >= 0.3 is 0 Å². The maximum Gasteiger partial charge on any atom is 0.261 e. The molecular formula is C8H6ClNO3S2. The molecule has 0 radical (unpaired) electrons. The van der Waals surface area contributed by atoms with Gasteiger partial charge in [-0.25, -0.2) is 8.42 Å². The van der Waals surface area contributed by atoms with Gasteiger partial charge in [-0.1, -0.05) is 0 Å². The van der Waals surface area contributed by atoms with E-state index in [9.17, 15) is 8.42 Å². The van der Waals surface area contributed by atoms with Crippen molar-refractivity contribution in [3.05, 3.63) is 23.3 Å². The fourth-order valence-corrected chi connectivity index (χ4v) is 2.28. The van der Waals surface area contributed by atoms with Crippen molar-refractivity contribution < 1.29 is 13.5 Å². The van der Waals surface area contributed by atoms with Gasteiger partial charge in [0.15, 0.2) is 0 Å². The highest BCUT2D eigenvalue weighted by atomic mass is 35.7. The molecule has 0 saturated heterocycles. The van der Waals surface area contributed by atoms with Gasteiger partial charge in [-0.05, 0) is 17.7 Å². The lowest BCUT2D eigenvalue weighted by Crippen LogP contribution is -1.97. The van der Waals surface area contributed by atoms with Crippen molar-refractivity contribution in [2.75, 3.05) is 0 Å². The van der Waals surface area contributed by atoms with Crippen LogP contribution in [0.5, 0.6) is 0 Å². The fourth-order valence-electron chi connectivity index (χ4n) is 1.05. The lowest BCUT2D eigenvalue weighted by Gasteiger charge is -2.05. The quantitative estimate of drug-likeness (QED) is 0.622. The smallest absolute Gasteiger partial charge is 0.261 e. The van der Waals surface area contributed by atoms with E-state index in [-0.39, 0.29) is 20.9 Å². The molecule has 1 N–H and O–H groups in total. The first-order valence-electron chi connectivity index (χ1n) is 3.71. The van der Waals surface area contributed by atoms with E-state index < -0.39 is 15.7 Å². The Bertz CT molecular complexity index is 534. The van der Waals surface area contributed by atoms with Crippen LogP contribution in [-0.4, -0.2) is 13.5 Å². The summed E-state index contributed by atoms with van der Waals surface area (Å²) >= 11 is 3.95. The van der Waals surface area contributed by atoms with Crippen molar-refractivity contribution in [2.45, 2.75) is 16.4 Å². The van der Waals surface area contributed by atoms with Crippen molar-refractivity contribution in [3.8, 4) is 6.07 Å². The highest BCUT2D eigenvalue weighted by Gasteiger charge is 2.15. The van der Waals surface area contributed by atoms with Gasteiger partial charge < -0.3 is 5.11 Å². The minimum atomic E-state index is -3.88. The second kappa shape index (κ2) is 4.41. The average Bonchev–Trinajstić information content (AvgIpc) is 2.15. The van der Waals surface area contributed by atoms with Gasteiger partial charge in [0.05, 0.1) is 17.1 Å². The van der Waals surface area contributed by atoms with Gasteiger partial charge in [-0.2, -0.15) is 5.26 Å². The summed E-state index contributed by atoms with van der Waals surface area (Å²) in [6.07, 6.45) is 0. The van der Waals surface area contributed by atoms with Crippen LogP contribution < -0.4 is 0 Å². The molecule has 0 spiro atoms. The summed E-state index contributed by atoms with van der Waals surface area (Å²) in [6.45, 7) is -0.448. The lowest BCUT2D eigenvalue weighted by molar-refractivity contribution is 0.281. The van der Waals surface area contributed by atoms with Crippen molar-refractivity contribution >= 4 is 32.4 Å². The van der Waals surface area contributed by atoms with Gasteiger partial charge in [0, 0.05) is 15.6 Å². The van der Waals surface area contributed by atoms with E-state index >= 15 is 0 Å². The maximum absolute atomic E-state index is 11.0. The summed E-state index contributed by atoms with van der Waals surface area (Å²) in [7, 11) is 1.25. The Labute approximate surface area is 96.9 Å². The van der Waals surface area contributed by atoms with Gasteiger partial charge in [0.2, 0.25) is 0 Å². The SMILES string of the molecule is N#Cc1c(S)cc(S(=O)(=O)Cl)cc1CO. The number of nitrogens with zero attached hydrogens (tertiary/aromatic N) is 1. The normalized spacial score (nSPS) is 11.1. The number of aliphatic hydroxyl groups is 1. The Hall–Kier alpha value is -0.740. The molecule has 0 saturated carbocycles. The molecule has 0 unspecified atom stereocenters. The van der Waals surface area contributed by atoms with Gasteiger partial charge in [0.25, 0.3) is 9.05 Å². The molecule has 0 aliphatic rings. The summed E-state index contributed by atoms with van der Waals surface area (Å²) in [5.74, 6) is 0. The number of aliphatic hydroxyl groups excluding tert-OH is 1. The first kappa shape index (κ1) is 12.3. The van der Waals surface area contributed by atoms with Gasteiger partial charge in [-0.3, -0.25) is 0 Å². The monoisotopic (exact) mass is 263 g/mol. The van der Waals surface area contributed by atoms with Gasteiger partial charge in [-0.15, -0.1) is 12.6 Å². The second-order valence-electron chi connectivity index (χ2n) is 2.68. The predicted molar refractivity (Wildman–Crippen MR) is 57.4 cm³/mol. The molecule has 1 aromatic rings. The molecule has 15 heavy (non-hydrogen) atoms. The molecular weight excluding hydrogens is 258 g/mol. The Morgan fingerprint density at radius 1 is 1.53 bits per heavy atom. The third-order valence-electron chi connectivity index (χ3n) is 1.74. The van der Waals surface area contributed by atoms with Crippen LogP contribution >= 0.6 is 23.3 Å². The summed E-state index contributed by atoms with van der Waals surface area (Å²) in [4.78, 5) is -0.0134. The average molecular weight is 264 g/mol. The summed E-state index contributed by atoms with van der Waals surface area (Å²) < 4.78 is 22.0. The number of nitriles is 1. The molecule has 0 aliphatic carbocycles. The van der Waals surface area contributed by atoms with E-state index in [4.69, 9.17) is 21.1 Å². The van der Waals surface area contributed by atoms with E-state index in [1.165, 1.54) is 6.07 Å². The molecule has 0 aliphatic heterocycles. The minimum Gasteiger partial charge on any atom is -0.392 e. The number of hydrogen-bond donors (Lipinski definition) is 2. The predicted octanol–water partition coefficient (Wildman–Crippen LogP) is 1.27. The van der Waals surface area contributed by atoms with Crippen LogP contribution in [0.2, 0.25) is 0 Å². The minimum absolute atomic E-state index is 0.143.